The number of benzene rings is 1. The van der Waals surface area contributed by atoms with Crippen LogP contribution in [0.5, 0.6) is 0 Å². The maximum atomic E-state index is 5.72. The molecule has 0 aliphatic heterocycles. The van der Waals surface area contributed by atoms with Crippen LogP contribution < -0.4 is 5.84 Å². The molecule has 0 aliphatic rings. The number of nitrogens with one attached hydrogen (secondary N) is 2. The van der Waals surface area contributed by atoms with Crippen molar-refractivity contribution < 1.29 is 0 Å². The molecule has 2 aromatic heterocycles. The lowest BCUT2D eigenvalue weighted by Gasteiger charge is -1.93. The van der Waals surface area contributed by atoms with Gasteiger partial charge in [-0.3, -0.25) is 0 Å². The first-order valence-electron chi connectivity index (χ1n) is 4.63. The van der Waals surface area contributed by atoms with Crippen molar-refractivity contribution in [3.05, 3.63) is 29.0 Å². The highest BCUT2D eigenvalue weighted by Gasteiger charge is 2.10. The number of nitrogens with zero attached hydrogens (tertiary/aromatic N) is 3. The Morgan fingerprint density at radius 2 is 2.12 bits per heavy atom. The van der Waals surface area contributed by atoms with Crippen LogP contribution in [0.15, 0.2) is 24.3 Å². The number of imidazole rings is 1. The summed E-state index contributed by atoms with van der Waals surface area (Å²) >= 11 is 4.93. The second-order valence-electron chi connectivity index (χ2n) is 3.32. The summed E-state index contributed by atoms with van der Waals surface area (Å²) < 4.78 is 1.64. The molecule has 0 fully saturated rings. The van der Waals surface area contributed by atoms with Crippen molar-refractivity contribution in [1.29, 1.82) is 0 Å². The van der Waals surface area contributed by atoms with Crippen molar-refractivity contribution in [3.8, 4) is 11.6 Å². The molecule has 3 rings (SSSR count). The highest BCUT2D eigenvalue weighted by atomic mass is 32.1. The number of nitrogen functional groups attached to an aromatic ring is 1. The highest BCUT2D eigenvalue weighted by molar-refractivity contribution is 7.71. The summed E-state index contributed by atoms with van der Waals surface area (Å²) in [6.07, 6.45) is 0. The third-order valence-electron chi connectivity index (χ3n) is 2.31. The summed E-state index contributed by atoms with van der Waals surface area (Å²) in [5.74, 6) is 6.80. The normalized spacial score (nSPS) is 11.0. The van der Waals surface area contributed by atoms with Crippen LogP contribution in [0.4, 0.5) is 0 Å². The smallest absolute Gasteiger partial charge is 0.216 e. The second kappa shape index (κ2) is 3.17. The monoisotopic (exact) mass is 232 g/mol. The largest absolute Gasteiger partial charge is 0.335 e. The molecule has 0 saturated carbocycles. The SMILES string of the molecule is Nn1c(-c2nc3ccccc3[nH]2)n[nH]c1=S. The van der Waals surface area contributed by atoms with Gasteiger partial charge in [-0.1, -0.05) is 12.1 Å². The zero-order valence-corrected chi connectivity index (χ0v) is 8.95. The van der Waals surface area contributed by atoms with Gasteiger partial charge in [-0.05, 0) is 24.4 Å². The van der Waals surface area contributed by atoms with E-state index in [-0.39, 0.29) is 0 Å². The Kier molecular flexibility index (Phi) is 1.80. The molecule has 0 saturated heterocycles. The molecule has 2 heterocycles. The van der Waals surface area contributed by atoms with Gasteiger partial charge in [-0.25, -0.2) is 14.8 Å². The molecule has 4 N–H and O–H groups in total. The zero-order valence-electron chi connectivity index (χ0n) is 8.14. The third kappa shape index (κ3) is 1.22. The Labute approximate surface area is 95.1 Å². The van der Waals surface area contributed by atoms with Gasteiger partial charge in [0.2, 0.25) is 10.6 Å². The van der Waals surface area contributed by atoms with Gasteiger partial charge in [0.1, 0.15) is 0 Å². The summed E-state index contributed by atoms with van der Waals surface area (Å²) in [4.78, 5) is 7.50. The summed E-state index contributed by atoms with van der Waals surface area (Å²) in [6, 6.07) is 7.71. The number of aromatic nitrogens is 5. The van der Waals surface area contributed by atoms with Crippen LogP contribution in [0.2, 0.25) is 0 Å². The third-order valence-corrected chi connectivity index (χ3v) is 2.59. The minimum Gasteiger partial charge on any atom is -0.335 e. The lowest BCUT2D eigenvalue weighted by Crippen LogP contribution is -2.10. The molecule has 7 heteroatoms. The van der Waals surface area contributed by atoms with E-state index in [2.05, 4.69) is 20.2 Å². The van der Waals surface area contributed by atoms with Crippen LogP contribution >= 0.6 is 12.2 Å². The van der Waals surface area contributed by atoms with Crippen LogP contribution in [-0.2, 0) is 0 Å². The maximum Gasteiger partial charge on any atom is 0.216 e. The molecule has 16 heavy (non-hydrogen) atoms. The van der Waals surface area contributed by atoms with Gasteiger partial charge in [0.15, 0.2) is 5.82 Å². The molecular weight excluding hydrogens is 224 g/mol. The number of nitrogens with two attached hydrogens (primary N) is 1. The van der Waals surface area contributed by atoms with Gasteiger partial charge >= 0.3 is 0 Å². The molecule has 0 spiro atoms. The zero-order chi connectivity index (χ0) is 11.1. The fraction of sp³-hybridized carbons (Fsp3) is 0. The van der Waals surface area contributed by atoms with Gasteiger partial charge in [-0.15, -0.1) is 5.10 Å². The average Bonchev–Trinajstić information content (AvgIpc) is 2.84. The van der Waals surface area contributed by atoms with Crippen LogP contribution in [0.3, 0.4) is 0 Å². The Bertz CT molecular complexity index is 673. The van der Waals surface area contributed by atoms with E-state index in [1.165, 1.54) is 4.68 Å². The summed E-state index contributed by atoms with van der Waals surface area (Å²) in [7, 11) is 0. The van der Waals surface area contributed by atoms with Crippen LogP contribution in [0.1, 0.15) is 0 Å². The number of hydrogen-bond donors (Lipinski definition) is 3. The van der Waals surface area contributed by atoms with E-state index in [1.807, 2.05) is 24.3 Å². The Morgan fingerprint density at radius 3 is 2.81 bits per heavy atom. The number of hydrogen-bond acceptors (Lipinski definition) is 4. The van der Waals surface area contributed by atoms with Crippen molar-refractivity contribution in [1.82, 2.24) is 24.8 Å². The van der Waals surface area contributed by atoms with E-state index in [0.717, 1.165) is 11.0 Å². The number of H-pyrrole nitrogens is 2. The van der Waals surface area contributed by atoms with Gasteiger partial charge in [-0.2, -0.15) is 0 Å². The Balaban J connectivity index is 2.26. The molecule has 0 unspecified atom stereocenters. The maximum absolute atomic E-state index is 5.72. The standard InChI is InChI=1S/C9H8N6S/c10-15-8(13-14-9(15)16)7-11-5-3-1-2-4-6(5)12-7/h1-4H,10H2,(H,11,12)(H,14,16). The van der Waals surface area contributed by atoms with E-state index < -0.39 is 0 Å². The fourth-order valence-electron chi connectivity index (χ4n) is 1.53. The van der Waals surface area contributed by atoms with Crippen LogP contribution in [0, 0.1) is 4.77 Å². The molecule has 0 aliphatic carbocycles. The summed E-state index contributed by atoms with van der Waals surface area (Å²) in [5, 5.41) is 6.62. The summed E-state index contributed by atoms with van der Waals surface area (Å²) in [5.41, 5.74) is 1.80. The van der Waals surface area contributed by atoms with Crippen LogP contribution in [0.25, 0.3) is 22.7 Å². The molecule has 6 nitrogen and oxygen atoms in total. The van der Waals surface area contributed by atoms with Crippen molar-refractivity contribution >= 4 is 23.3 Å². The predicted molar refractivity (Wildman–Crippen MR) is 62.6 cm³/mol. The number of fused-ring (bicyclic) bond motifs is 1. The van der Waals surface area contributed by atoms with E-state index in [0.29, 0.717) is 16.4 Å². The van der Waals surface area contributed by atoms with Crippen molar-refractivity contribution in [2.24, 2.45) is 0 Å². The molecular formula is C9H8N6S. The molecule has 80 valence electrons. The van der Waals surface area contributed by atoms with Crippen molar-refractivity contribution in [2.75, 3.05) is 5.84 Å². The molecule has 0 atom stereocenters. The first-order valence-corrected chi connectivity index (χ1v) is 5.04. The van der Waals surface area contributed by atoms with E-state index >= 15 is 0 Å². The first kappa shape index (κ1) is 9.10. The van der Waals surface area contributed by atoms with Gasteiger partial charge in [0.25, 0.3) is 0 Å². The number of aromatic amines is 2. The first-order chi connectivity index (χ1) is 7.75. The van der Waals surface area contributed by atoms with Crippen molar-refractivity contribution in [2.45, 2.75) is 0 Å². The molecule has 3 aromatic rings. The van der Waals surface area contributed by atoms with E-state index in [1.54, 1.807) is 0 Å². The summed E-state index contributed by atoms with van der Waals surface area (Å²) in [6.45, 7) is 0. The van der Waals surface area contributed by atoms with Gasteiger partial charge in [0.05, 0.1) is 11.0 Å². The molecule has 0 bridgehead atoms. The Hall–Kier alpha value is -2.15. The lowest BCUT2D eigenvalue weighted by atomic mass is 10.3. The van der Waals surface area contributed by atoms with E-state index in [9.17, 15) is 0 Å². The predicted octanol–water partition coefficient (Wildman–Crippen LogP) is 1.20. The molecule has 0 amide bonds. The fourth-order valence-corrected chi connectivity index (χ4v) is 1.66. The minimum absolute atomic E-state index is 0.357. The number of rotatable bonds is 1. The molecule has 0 radical (unpaired) electrons. The van der Waals surface area contributed by atoms with Gasteiger partial charge in [0, 0.05) is 0 Å². The molecule has 1 aromatic carbocycles. The average molecular weight is 232 g/mol. The highest BCUT2D eigenvalue weighted by Crippen LogP contribution is 2.17. The van der Waals surface area contributed by atoms with E-state index in [4.69, 9.17) is 18.1 Å². The van der Waals surface area contributed by atoms with Crippen molar-refractivity contribution in [3.63, 3.8) is 0 Å². The quantitative estimate of drug-likeness (QED) is 0.434. The van der Waals surface area contributed by atoms with Crippen LogP contribution in [-0.4, -0.2) is 24.8 Å². The number of para-hydroxylation sites is 2. The van der Waals surface area contributed by atoms with Gasteiger partial charge < -0.3 is 10.8 Å². The Morgan fingerprint density at radius 1 is 1.31 bits per heavy atom. The lowest BCUT2D eigenvalue weighted by molar-refractivity contribution is 0.973. The minimum atomic E-state index is 0.357. The topological polar surface area (TPSA) is 88.3 Å². The second-order valence-corrected chi connectivity index (χ2v) is 3.71.